The van der Waals surface area contributed by atoms with Crippen LogP contribution in [-0.4, -0.2) is 165 Å². The number of carbonyl (C=O) groups excluding carboxylic acids is 4. The Balaban J connectivity index is 0.958. The molecule has 3 aliphatic rings. The van der Waals surface area contributed by atoms with Gasteiger partial charge in [-0.15, -0.1) is 0 Å². The van der Waals surface area contributed by atoms with Crippen molar-refractivity contribution in [2.45, 2.75) is 75.5 Å². The molecule has 3 fully saturated rings. The number of para-hydroxylation sites is 1. The maximum Gasteiger partial charge on any atom is 0.317 e. The quantitative estimate of drug-likeness (QED) is 0.102. The lowest BCUT2D eigenvalue weighted by Gasteiger charge is -2.33. The van der Waals surface area contributed by atoms with Gasteiger partial charge in [-0.2, -0.15) is 5.26 Å². The summed E-state index contributed by atoms with van der Waals surface area (Å²) in [5.74, 6) is -7.33. The molecule has 3 aromatic rings. The topological polar surface area (TPSA) is 253 Å². The van der Waals surface area contributed by atoms with Gasteiger partial charge in [0.25, 0.3) is 11.8 Å². The molecule has 7 N–H and O–H groups in total. The molecule has 1 saturated carbocycles. The van der Waals surface area contributed by atoms with Gasteiger partial charge in [-0.05, 0) is 54.9 Å². The molecule has 2 aliphatic heterocycles. The van der Waals surface area contributed by atoms with Gasteiger partial charge in [0.05, 0.1) is 49.0 Å². The van der Waals surface area contributed by atoms with Crippen LogP contribution in [0.5, 0.6) is 0 Å². The number of pyridine rings is 1. The number of hydrogen-bond donors (Lipinski definition) is 7. The van der Waals surface area contributed by atoms with E-state index in [9.17, 15) is 53.0 Å². The number of fused-ring (bicyclic) bond motifs is 1. The lowest BCUT2D eigenvalue weighted by Crippen LogP contribution is -2.54. The molecule has 358 valence electrons. The summed E-state index contributed by atoms with van der Waals surface area (Å²) in [5, 5.41) is 43.5. The van der Waals surface area contributed by atoms with Crippen molar-refractivity contribution in [3.05, 3.63) is 65.9 Å². The number of anilines is 2. The Morgan fingerprint density at radius 3 is 2.04 bits per heavy atom. The summed E-state index contributed by atoms with van der Waals surface area (Å²) in [4.78, 5) is 85.8. The van der Waals surface area contributed by atoms with E-state index in [4.69, 9.17) is 12.2 Å². The van der Waals surface area contributed by atoms with E-state index < -0.39 is 61.1 Å². The van der Waals surface area contributed by atoms with Crippen molar-refractivity contribution in [3.63, 3.8) is 0 Å². The number of carbonyl (C=O) groups is 6. The number of hydrogen-bond acceptors (Lipinski definition) is 12. The summed E-state index contributed by atoms with van der Waals surface area (Å²) < 4.78 is 27.7. The molecule has 67 heavy (non-hydrogen) atoms. The second-order valence-electron chi connectivity index (χ2n) is 17.0. The maximum absolute atomic E-state index is 13.8. The summed E-state index contributed by atoms with van der Waals surface area (Å²) in [6.07, 6.45) is 3.65. The number of halogens is 2. The van der Waals surface area contributed by atoms with Crippen LogP contribution in [0.3, 0.4) is 0 Å². The van der Waals surface area contributed by atoms with Gasteiger partial charge in [0, 0.05) is 94.4 Å². The Bertz CT molecular complexity index is 2320. The molecule has 3 heterocycles. The first-order chi connectivity index (χ1) is 32.0. The van der Waals surface area contributed by atoms with Crippen LogP contribution in [-0.2, 0) is 30.5 Å². The number of amides is 4. The van der Waals surface area contributed by atoms with Crippen LogP contribution in [0.2, 0.25) is 0 Å². The van der Waals surface area contributed by atoms with E-state index in [1.807, 2.05) is 34.1 Å². The third-order valence-electron chi connectivity index (χ3n) is 12.0. The number of carboxylic acid groups (broad SMARTS) is 2. The Kier molecular flexibility index (Phi) is 17.4. The Labute approximate surface area is 391 Å². The number of benzene rings is 2. The number of nitrogens with one attached hydrogen (secondary N) is 5. The van der Waals surface area contributed by atoms with Crippen LogP contribution < -0.4 is 26.6 Å². The number of aromatic nitrogens is 1. The molecule has 3 atom stereocenters. The third kappa shape index (κ3) is 14.8. The standard InChI is InChI=1S/C45H55F2N11O8S/c46-45(47)22-31(23-48)58(28-45)39(61)24-50-43(66)33-14-15-49-42-32(33)4-3-7-36(42)53-38(60)13-12-37(59)52-34-5-1-2-6-35(34)54-44(67)51-30-10-8-29(9-11-30)25-55-16-18-56(26-40(62)63)20-21-57(19-17-55)27-41(64)65/h3-4,7-11,14-15,31,34-35H,1-2,5-6,12-13,16-22,24-28H2,(H,50,66)(H,52,59)(H,53,60)(H,62,63)(H,64,65)(H2,51,54,67)/t31-,34?,35?/m0/s1. The van der Waals surface area contributed by atoms with Crippen molar-refractivity contribution in [1.82, 2.24) is 40.5 Å². The molecule has 19 nitrogen and oxygen atoms in total. The van der Waals surface area contributed by atoms with Crippen molar-refractivity contribution in [3.8, 4) is 6.07 Å². The lowest BCUT2D eigenvalue weighted by atomic mass is 9.90. The Morgan fingerprint density at radius 2 is 1.42 bits per heavy atom. The summed E-state index contributed by atoms with van der Waals surface area (Å²) in [6, 6.07) is 14.0. The molecule has 6 rings (SSSR count). The average Bonchev–Trinajstić information content (AvgIpc) is 3.65. The van der Waals surface area contributed by atoms with Gasteiger partial charge >= 0.3 is 11.9 Å². The fourth-order valence-corrected chi connectivity index (χ4v) is 8.81. The maximum atomic E-state index is 13.8. The summed E-state index contributed by atoms with van der Waals surface area (Å²) in [5.41, 5.74) is 2.46. The normalized spacial score (nSPS) is 20.3. The minimum absolute atomic E-state index is 0.0990. The number of alkyl halides is 2. The highest BCUT2D eigenvalue weighted by Crippen LogP contribution is 2.32. The largest absolute Gasteiger partial charge is 0.480 e. The van der Waals surface area contributed by atoms with Gasteiger partial charge in [0.15, 0.2) is 5.11 Å². The van der Waals surface area contributed by atoms with Crippen LogP contribution in [0.25, 0.3) is 10.9 Å². The van der Waals surface area contributed by atoms with E-state index in [1.165, 1.54) is 12.3 Å². The van der Waals surface area contributed by atoms with E-state index in [-0.39, 0.29) is 60.7 Å². The number of thiocarbonyl (C=S) groups is 1. The highest BCUT2D eigenvalue weighted by molar-refractivity contribution is 7.80. The Hall–Kier alpha value is -6.41. The van der Waals surface area contributed by atoms with E-state index in [0.717, 1.165) is 35.4 Å². The van der Waals surface area contributed by atoms with Crippen LogP contribution in [0.15, 0.2) is 54.7 Å². The number of nitriles is 1. The molecule has 1 aliphatic carbocycles. The van der Waals surface area contributed by atoms with Crippen molar-refractivity contribution in [2.24, 2.45) is 0 Å². The van der Waals surface area contributed by atoms with E-state index >= 15 is 0 Å². The van der Waals surface area contributed by atoms with Crippen molar-refractivity contribution < 1.29 is 47.8 Å². The molecule has 2 unspecified atom stereocenters. The zero-order valence-corrected chi connectivity index (χ0v) is 37.7. The molecule has 4 amide bonds. The number of aliphatic carboxylic acids is 2. The number of rotatable bonds is 16. The second kappa shape index (κ2) is 23.4. The molecule has 0 spiro atoms. The summed E-state index contributed by atoms with van der Waals surface area (Å²) in [6.45, 7) is 2.12. The highest BCUT2D eigenvalue weighted by atomic mass is 32.1. The number of nitrogens with zero attached hydrogens (tertiary/aromatic N) is 6. The molecular weight excluding hydrogens is 893 g/mol. The number of likely N-dealkylation sites (tertiary alicyclic amines) is 1. The average molecular weight is 948 g/mol. The zero-order valence-electron chi connectivity index (χ0n) is 36.8. The first-order valence-corrected chi connectivity index (χ1v) is 22.6. The van der Waals surface area contributed by atoms with Crippen LogP contribution >= 0.6 is 12.2 Å². The number of carboxylic acids is 2. The van der Waals surface area contributed by atoms with Gasteiger partial charge in [0.2, 0.25) is 17.7 Å². The summed E-state index contributed by atoms with van der Waals surface area (Å²) in [7, 11) is 0. The molecule has 2 aromatic carbocycles. The predicted octanol–water partition coefficient (Wildman–Crippen LogP) is 2.45. The van der Waals surface area contributed by atoms with Crippen molar-refractivity contribution >= 4 is 75.2 Å². The minimum atomic E-state index is -3.19. The molecule has 0 radical (unpaired) electrons. The zero-order chi connectivity index (χ0) is 48.1. The lowest BCUT2D eigenvalue weighted by molar-refractivity contribution is -0.140. The van der Waals surface area contributed by atoms with Crippen LogP contribution in [0.4, 0.5) is 20.2 Å². The van der Waals surface area contributed by atoms with Crippen molar-refractivity contribution in [1.29, 1.82) is 5.26 Å². The molecule has 2 saturated heterocycles. The molecular formula is C45H55F2N11O8S. The van der Waals surface area contributed by atoms with Crippen LogP contribution in [0.1, 0.15) is 60.9 Å². The molecule has 22 heteroatoms. The monoisotopic (exact) mass is 947 g/mol. The van der Waals surface area contributed by atoms with Gasteiger partial charge in [-0.3, -0.25) is 48.5 Å². The molecule has 0 bridgehead atoms. The van der Waals surface area contributed by atoms with E-state index in [1.54, 1.807) is 24.3 Å². The van der Waals surface area contributed by atoms with Gasteiger partial charge in [0.1, 0.15) is 6.04 Å². The minimum Gasteiger partial charge on any atom is -0.480 e. The van der Waals surface area contributed by atoms with E-state index in [2.05, 4.69) is 36.5 Å². The van der Waals surface area contributed by atoms with Gasteiger partial charge in [-0.25, -0.2) is 8.78 Å². The fourth-order valence-electron chi connectivity index (χ4n) is 8.55. The van der Waals surface area contributed by atoms with Crippen LogP contribution in [0, 0.1) is 11.3 Å². The molecule has 1 aromatic heterocycles. The van der Waals surface area contributed by atoms with Gasteiger partial charge < -0.3 is 41.7 Å². The highest BCUT2D eigenvalue weighted by Gasteiger charge is 2.47. The summed E-state index contributed by atoms with van der Waals surface area (Å²) >= 11 is 5.67. The second-order valence-corrected chi connectivity index (χ2v) is 17.4. The smallest absolute Gasteiger partial charge is 0.317 e. The fraction of sp³-hybridized carbons (Fsp3) is 0.489. The van der Waals surface area contributed by atoms with Crippen molar-refractivity contribution in [2.75, 3.05) is 76.1 Å². The predicted molar refractivity (Wildman–Crippen MR) is 246 cm³/mol. The third-order valence-corrected chi connectivity index (χ3v) is 12.2. The SMILES string of the molecule is N#C[C@@H]1CC(F)(F)CN1C(=O)CNC(=O)c1ccnc2c(NC(=O)CCC(=O)NC3CCCCC3NC(=S)Nc3ccc(CN4CCN(CC(=O)O)CCN(CC(=O)O)CC4)cc3)cccc12. The first-order valence-electron chi connectivity index (χ1n) is 22.1. The first kappa shape index (κ1) is 50.0. The Morgan fingerprint density at radius 1 is 0.806 bits per heavy atom. The van der Waals surface area contributed by atoms with Gasteiger partial charge in [-0.1, -0.05) is 37.1 Å². The van der Waals surface area contributed by atoms with E-state index in [0.29, 0.717) is 62.7 Å².